The Morgan fingerprint density at radius 2 is 1.87 bits per heavy atom. The third-order valence-electron chi connectivity index (χ3n) is 3.64. The van der Waals surface area contributed by atoms with Gasteiger partial charge in [-0.1, -0.05) is 18.2 Å². The van der Waals surface area contributed by atoms with Crippen molar-refractivity contribution in [2.45, 2.75) is 37.6 Å². The van der Waals surface area contributed by atoms with E-state index in [-0.39, 0.29) is 0 Å². The second kappa shape index (κ2) is 7.76. The van der Waals surface area contributed by atoms with Crippen LogP contribution < -0.4 is 9.47 Å². The van der Waals surface area contributed by atoms with Crippen molar-refractivity contribution >= 4 is 6.08 Å². The summed E-state index contributed by atoms with van der Waals surface area (Å²) in [5, 5.41) is 38.8. The third kappa shape index (κ3) is 3.82. The fourth-order valence-corrected chi connectivity index (χ4v) is 2.37. The van der Waals surface area contributed by atoms with Crippen LogP contribution in [0.1, 0.15) is 12.5 Å². The molecule has 1 aliphatic heterocycles. The molecule has 5 atom stereocenters. The van der Waals surface area contributed by atoms with Gasteiger partial charge in [0.05, 0.1) is 13.7 Å². The highest BCUT2D eigenvalue weighted by molar-refractivity contribution is 5.55. The minimum Gasteiger partial charge on any atom is -0.493 e. The fraction of sp³-hybridized carbons (Fsp3) is 0.500. The quantitative estimate of drug-likeness (QED) is 0.599. The molecule has 0 spiro atoms. The van der Waals surface area contributed by atoms with Crippen molar-refractivity contribution in [3.63, 3.8) is 0 Å². The van der Waals surface area contributed by atoms with Crippen molar-refractivity contribution in [3.05, 3.63) is 29.8 Å². The summed E-state index contributed by atoms with van der Waals surface area (Å²) in [6, 6.07) is 5.23. The number of allylic oxidation sites excluding steroid dienone is 1. The number of aliphatic hydroxyl groups is 4. The predicted molar refractivity (Wildman–Crippen MR) is 82.1 cm³/mol. The second-order valence-corrected chi connectivity index (χ2v) is 5.23. The van der Waals surface area contributed by atoms with Crippen LogP contribution >= 0.6 is 0 Å². The molecule has 128 valence electrons. The SMILES string of the molecule is CC=Cc1ccc(OC)c(OC2OC(CO)C(O)C(O)C2O)c1. The number of benzene rings is 1. The topological polar surface area (TPSA) is 109 Å². The summed E-state index contributed by atoms with van der Waals surface area (Å²) in [4.78, 5) is 0. The van der Waals surface area contributed by atoms with E-state index < -0.39 is 37.3 Å². The standard InChI is InChI=1S/C16H22O7/c1-3-4-9-5-6-10(21-2)11(7-9)22-16-15(20)14(19)13(18)12(8-17)23-16/h3-7,12-20H,8H2,1-2H3. The Hall–Kier alpha value is -1.64. The van der Waals surface area contributed by atoms with Gasteiger partial charge in [0.1, 0.15) is 24.4 Å². The number of rotatable bonds is 5. The first kappa shape index (κ1) is 17.7. The Kier molecular flexibility index (Phi) is 5.97. The van der Waals surface area contributed by atoms with Crippen molar-refractivity contribution in [1.82, 2.24) is 0 Å². The molecule has 1 saturated heterocycles. The fourth-order valence-electron chi connectivity index (χ4n) is 2.37. The largest absolute Gasteiger partial charge is 0.493 e. The monoisotopic (exact) mass is 326 g/mol. The Balaban J connectivity index is 2.24. The summed E-state index contributed by atoms with van der Waals surface area (Å²) in [7, 11) is 1.48. The highest BCUT2D eigenvalue weighted by Crippen LogP contribution is 2.32. The van der Waals surface area contributed by atoms with Crippen molar-refractivity contribution in [2.75, 3.05) is 13.7 Å². The van der Waals surface area contributed by atoms with Crippen LogP contribution in [0.15, 0.2) is 24.3 Å². The Morgan fingerprint density at radius 1 is 1.13 bits per heavy atom. The number of hydrogen-bond donors (Lipinski definition) is 4. The van der Waals surface area contributed by atoms with Gasteiger partial charge in [-0.15, -0.1) is 0 Å². The Morgan fingerprint density at radius 3 is 2.48 bits per heavy atom. The molecule has 1 aromatic carbocycles. The molecule has 0 saturated carbocycles. The molecule has 7 heteroatoms. The smallest absolute Gasteiger partial charge is 0.229 e. The molecule has 1 aromatic rings. The molecule has 0 aromatic heterocycles. The van der Waals surface area contributed by atoms with E-state index in [1.807, 2.05) is 25.1 Å². The maximum Gasteiger partial charge on any atom is 0.229 e. The minimum atomic E-state index is -1.49. The molecule has 23 heavy (non-hydrogen) atoms. The lowest BCUT2D eigenvalue weighted by molar-refractivity contribution is -0.277. The maximum absolute atomic E-state index is 10.0. The van der Waals surface area contributed by atoms with Crippen molar-refractivity contribution in [1.29, 1.82) is 0 Å². The average molecular weight is 326 g/mol. The first-order valence-corrected chi connectivity index (χ1v) is 7.29. The van der Waals surface area contributed by atoms with E-state index in [0.29, 0.717) is 11.5 Å². The number of hydrogen-bond acceptors (Lipinski definition) is 7. The molecule has 0 radical (unpaired) electrons. The zero-order chi connectivity index (χ0) is 17.0. The molecule has 1 aliphatic rings. The van der Waals surface area contributed by atoms with E-state index in [9.17, 15) is 20.4 Å². The van der Waals surface area contributed by atoms with Gasteiger partial charge in [-0.3, -0.25) is 0 Å². The van der Waals surface area contributed by atoms with Crippen LogP contribution in [-0.4, -0.2) is 64.8 Å². The first-order valence-electron chi connectivity index (χ1n) is 7.29. The van der Waals surface area contributed by atoms with Crippen LogP contribution in [0.3, 0.4) is 0 Å². The zero-order valence-electron chi connectivity index (χ0n) is 13.0. The van der Waals surface area contributed by atoms with Gasteiger partial charge < -0.3 is 34.6 Å². The van der Waals surface area contributed by atoms with E-state index >= 15 is 0 Å². The normalized spacial score (nSPS) is 31.3. The highest BCUT2D eigenvalue weighted by atomic mass is 16.7. The summed E-state index contributed by atoms with van der Waals surface area (Å²) < 4.78 is 16.2. The molecule has 1 heterocycles. The lowest BCUT2D eigenvalue weighted by Gasteiger charge is -2.39. The molecule has 2 rings (SSSR count). The van der Waals surface area contributed by atoms with Crippen LogP contribution in [-0.2, 0) is 4.74 Å². The van der Waals surface area contributed by atoms with Crippen LogP contribution in [0.2, 0.25) is 0 Å². The third-order valence-corrected chi connectivity index (χ3v) is 3.64. The van der Waals surface area contributed by atoms with Gasteiger partial charge in [-0.05, 0) is 24.6 Å². The van der Waals surface area contributed by atoms with E-state index in [2.05, 4.69) is 0 Å². The zero-order valence-corrected chi connectivity index (χ0v) is 13.0. The van der Waals surface area contributed by atoms with Gasteiger partial charge in [0.2, 0.25) is 6.29 Å². The molecule has 4 N–H and O–H groups in total. The van der Waals surface area contributed by atoms with Gasteiger partial charge in [-0.25, -0.2) is 0 Å². The van der Waals surface area contributed by atoms with Gasteiger partial charge in [-0.2, -0.15) is 0 Å². The van der Waals surface area contributed by atoms with E-state index in [1.165, 1.54) is 7.11 Å². The number of methoxy groups -OCH3 is 1. The van der Waals surface area contributed by atoms with E-state index in [1.54, 1.807) is 12.1 Å². The number of ether oxygens (including phenoxy) is 3. The summed E-state index contributed by atoms with van der Waals surface area (Å²) in [6.45, 7) is 1.36. The lowest BCUT2D eigenvalue weighted by Crippen LogP contribution is -2.60. The molecule has 1 fully saturated rings. The van der Waals surface area contributed by atoms with Crippen molar-refractivity contribution in [3.8, 4) is 11.5 Å². The van der Waals surface area contributed by atoms with Crippen LogP contribution in [0.25, 0.3) is 6.08 Å². The Labute approximate surface area is 134 Å². The molecular formula is C16H22O7. The summed E-state index contributed by atoms with van der Waals surface area (Å²) in [6.07, 6.45) is -2.94. The van der Waals surface area contributed by atoms with Crippen LogP contribution in [0.4, 0.5) is 0 Å². The minimum absolute atomic E-state index is 0.312. The summed E-state index contributed by atoms with van der Waals surface area (Å²) in [5.41, 5.74) is 0.855. The highest BCUT2D eigenvalue weighted by Gasteiger charge is 2.44. The van der Waals surface area contributed by atoms with E-state index in [4.69, 9.17) is 14.2 Å². The lowest BCUT2D eigenvalue weighted by atomic mass is 9.99. The second-order valence-electron chi connectivity index (χ2n) is 5.23. The van der Waals surface area contributed by atoms with Gasteiger partial charge in [0.25, 0.3) is 0 Å². The van der Waals surface area contributed by atoms with Gasteiger partial charge in [0, 0.05) is 0 Å². The summed E-state index contributed by atoms with van der Waals surface area (Å²) in [5.74, 6) is 0.739. The average Bonchev–Trinajstić information content (AvgIpc) is 2.56. The predicted octanol–water partition coefficient (Wildman–Crippen LogP) is -0.0930. The molecular weight excluding hydrogens is 304 g/mol. The first-order chi connectivity index (χ1) is 11.0. The van der Waals surface area contributed by atoms with Crippen molar-refractivity contribution in [2.24, 2.45) is 0 Å². The Bertz CT molecular complexity index is 543. The van der Waals surface area contributed by atoms with Gasteiger partial charge in [0.15, 0.2) is 11.5 Å². The molecule has 5 unspecified atom stereocenters. The van der Waals surface area contributed by atoms with Gasteiger partial charge >= 0.3 is 0 Å². The molecule has 0 amide bonds. The summed E-state index contributed by atoms with van der Waals surface area (Å²) >= 11 is 0. The maximum atomic E-state index is 10.0. The number of aliphatic hydroxyl groups excluding tert-OH is 4. The van der Waals surface area contributed by atoms with Crippen LogP contribution in [0.5, 0.6) is 11.5 Å². The molecule has 0 bridgehead atoms. The molecule has 0 aliphatic carbocycles. The van der Waals surface area contributed by atoms with Crippen molar-refractivity contribution < 1.29 is 34.6 Å². The van der Waals surface area contributed by atoms with E-state index in [0.717, 1.165) is 5.56 Å². The van der Waals surface area contributed by atoms with Crippen LogP contribution in [0, 0.1) is 0 Å². The molecule has 7 nitrogen and oxygen atoms in total.